The SMILES string of the molecule is CCCCCCCCC(=O)C1(N)C=CC=CC1C(=O)O. The van der Waals surface area contributed by atoms with Gasteiger partial charge < -0.3 is 10.8 Å². The van der Waals surface area contributed by atoms with Gasteiger partial charge in [-0.3, -0.25) is 9.59 Å². The summed E-state index contributed by atoms with van der Waals surface area (Å²) in [7, 11) is 0. The van der Waals surface area contributed by atoms with Crippen molar-refractivity contribution in [2.75, 3.05) is 0 Å². The standard InChI is InChI=1S/C16H25NO3/c1-2-3-4-5-6-7-11-14(18)16(17)12-9-8-10-13(16)15(19)20/h8-10,12-13H,2-7,11,17H2,1H3,(H,19,20). The first-order chi connectivity index (χ1) is 9.52. The fourth-order valence-electron chi connectivity index (χ4n) is 2.49. The Hall–Kier alpha value is -1.42. The van der Waals surface area contributed by atoms with Crippen LogP contribution in [0.1, 0.15) is 51.9 Å². The van der Waals surface area contributed by atoms with Gasteiger partial charge in [-0.1, -0.05) is 63.3 Å². The fourth-order valence-corrected chi connectivity index (χ4v) is 2.49. The van der Waals surface area contributed by atoms with Crippen LogP contribution in [-0.2, 0) is 9.59 Å². The lowest BCUT2D eigenvalue weighted by atomic mass is 9.77. The van der Waals surface area contributed by atoms with Crippen LogP contribution in [0, 0.1) is 5.92 Å². The van der Waals surface area contributed by atoms with Crippen molar-refractivity contribution in [3.63, 3.8) is 0 Å². The lowest BCUT2D eigenvalue weighted by Crippen LogP contribution is -2.55. The summed E-state index contributed by atoms with van der Waals surface area (Å²) >= 11 is 0. The molecule has 1 aliphatic rings. The van der Waals surface area contributed by atoms with E-state index in [0.717, 1.165) is 19.3 Å². The summed E-state index contributed by atoms with van der Waals surface area (Å²) in [6, 6.07) is 0. The summed E-state index contributed by atoms with van der Waals surface area (Å²) in [5, 5.41) is 9.17. The molecular formula is C16H25NO3. The van der Waals surface area contributed by atoms with Gasteiger partial charge in [0.25, 0.3) is 0 Å². The van der Waals surface area contributed by atoms with Crippen molar-refractivity contribution in [3.8, 4) is 0 Å². The third-order valence-electron chi connectivity index (χ3n) is 3.81. The number of carbonyl (C=O) groups excluding carboxylic acids is 1. The molecule has 0 spiro atoms. The average Bonchev–Trinajstić information content (AvgIpc) is 2.42. The molecule has 1 aliphatic carbocycles. The molecule has 112 valence electrons. The van der Waals surface area contributed by atoms with Crippen LogP contribution in [0.4, 0.5) is 0 Å². The van der Waals surface area contributed by atoms with Gasteiger partial charge in [-0.25, -0.2) is 0 Å². The van der Waals surface area contributed by atoms with Crippen LogP contribution in [-0.4, -0.2) is 22.4 Å². The number of hydrogen-bond acceptors (Lipinski definition) is 3. The second-order valence-electron chi connectivity index (χ2n) is 5.43. The molecule has 0 heterocycles. The molecule has 0 aromatic heterocycles. The molecule has 20 heavy (non-hydrogen) atoms. The molecule has 3 N–H and O–H groups in total. The number of carbonyl (C=O) groups is 2. The predicted octanol–water partition coefficient (Wildman–Crippen LogP) is 2.83. The lowest BCUT2D eigenvalue weighted by Gasteiger charge is -2.30. The van der Waals surface area contributed by atoms with Gasteiger partial charge >= 0.3 is 5.97 Å². The Morgan fingerprint density at radius 2 is 1.80 bits per heavy atom. The first kappa shape index (κ1) is 16.6. The van der Waals surface area contributed by atoms with Crippen molar-refractivity contribution < 1.29 is 14.7 Å². The van der Waals surface area contributed by atoms with Crippen molar-refractivity contribution in [1.82, 2.24) is 0 Å². The maximum absolute atomic E-state index is 12.3. The highest BCUT2D eigenvalue weighted by atomic mass is 16.4. The van der Waals surface area contributed by atoms with E-state index in [4.69, 9.17) is 5.73 Å². The van der Waals surface area contributed by atoms with Crippen LogP contribution in [0.15, 0.2) is 24.3 Å². The van der Waals surface area contributed by atoms with E-state index in [1.807, 2.05) is 0 Å². The van der Waals surface area contributed by atoms with E-state index in [0.29, 0.717) is 6.42 Å². The summed E-state index contributed by atoms with van der Waals surface area (Å²) in [4.78, 5) is 23.5. The van der Waals surface area contributed by atoms with Gasteiger partial charge in [0.05, 0.1) is 0 Å². The molecule has 0 amide bonds. The smallest absolute Gasteiger partial charge is 0.313 e. The zero-order valence-electron chi connectivity index (χ0n) is 12.2. The van der Waals surface area contributed by atoms with Crippen LogP contribution >= 0.6 is 0 Å². The van der Waals surface area contributed by atoms with E-state index in [9.17, 15) is 14.7 Å². The number of aliphatic carboxylic acids is 1. The molecule has 1 rings (SSSR count). The van der Waals surface area contributed by atoms with Crippen molar-refractivity contribution in [2.24, 2.45) is 11.7 Å². The third kappa shape index (κ3) is 4.30. The highest BCUT2D eigenvalue weighted by Crippen LogP contribution is 2.25. The monoisotopic (exact) mass is 279 g/mol. The number of unbranched alkanes of at least 4 members (excludes halogenated alkanes) is 5. The molecule has 2 atom stereocenters. The van der Waals surface area contributed by atoms with Gasteiger partial charge in [-0.2, -0.15) is 0 Å². The molecule has 0 bridgehead atoms. The van der Waals surface area contributed by atoms with E-state index < -0.39 is 17.4 Å². The highest BCUT2D eigenvalue weighted by molar-refractivity contribution is 5.96. The minimum Gasteiger partial charge on any atom is -0.481 e. The molecule has 0 radical (unpaired) electrons. The van der Waals surface area contributed by atoms with Crippen molar-refractivity contribution >= 4 is 11.8 Å². The predicted molar refractivity (Wildman–Crippen MR) is 79.3 cm³/mol. The number of Topliss-reactive ketones (excluding diaryl/α,β-unsaturated/α-hetero) is 1. The van der Waals surface area contributed by atoms with Crippen molar-refractivity contribution in [1.29, 1.82) is 0 Å². The number of nitrogens with two attached hydrogens (primary N) is 1. The second-order valence-corrected chi connectivity index (χ2v) is 5.43. The molecule has 0 aliphatic heterocycles. The van der Waals surface area contributed by atoms with E-state index in [1.54, 1.807) is 12.2 Å². The molecule has 0 saturated heterocycles. The summed E-state index contributed by atoms with van der Waals surface area (Å²) in [6.07, 6.45) is 13.2. The van der Waals surface area contributed by atoms with E-state index in [-0.39, 0.29) is 5.78 Å². The van der Waals surface area contributed by atoms with Gasteiger partial charge in [0.2, 0.25) is 0 Å². The average molecular weight is 279 g/mol. The molecular weight excluding hydrogens is 254 g/mol. The third-order valence-corrected chi connectivity index (χ3v) is 3.81. The van der Waals surface area contributed by atoms with E-state index in [1.165, 1.54) is 31.4 Å². The first-order valence-corrected chi connectivity index (χ1v) is 7.43. The number of rotatable bonds is 9. The van der Waals surface area contributed by atoms with Crippen LogP contribution in [0.5, 0.6) is 0 Å². The molecule has 0 saturated carbocycles. The van der Waals surface area contributed by atoms with Crippen LogP contribution < -0.4 is 5.73 Å². The number of carboxylic acids is 1. The summed E-state index contributed by atoms with van der Waals surface area (Å²) in [6.45, 7) is 2.16. The van der Waals surface area contributed by atoms with Crippen molar-refractivity contribution in [3.05, 3.63) is 24.3 Å². The van der Waals surface area contributed by atoms with E-state index >= 15 is 0 Å². The lowest BCUT2D eigenvalue weighted by molar-refractivity contribution is -0.144. The van der Waals surface area contributed by atoms with Crippen LogP contribution in [0.3, 0.4) is 0 Å². The highest BCUT2D eigenvalue weighted by Gasteiger charge is 2.42. The maximum Gasteiger partial charge on any atom is 0.313 e. The van der Waals surface area contributed by atoms with Gasteiger partial charge in [0.1, 0.15) is 11.5 Å². The summed E-state index contributed by atoms with van der Waals surface area (Å²) in [5.74, 6) is -2.19. The Kier molecular flexibility index (Phi) is 6.65. The number of carboxylic acid groups (broad SMARTS) is 1. The maximum atomic E-state index is 12.3. The molecule has 4 heteroatoms. The largest absolute Gasteiger partial charge is 0.481 e. The Balaban J connectivity index is 2.46. The minimum atomic E-state index is -1.38. The zero-order valence-corrected chi connectivity index (χ0v) is 12.2. The zero-order chi connectivity index (χ0) is 15.0. The number of ketones is 1. The van der Waals surface area contributed by atoms with Crippen LogP contribution in [0.25, 0.3) is 0 Å². The summed E-state index contributed by atoms with van der Waals surface area (Å²) < 4.78 is 0. The molecule has 0 fully saturated rings. The molecule has 0 aromatic carbocycles. The van der Waals surface area contributed by atoms with Crippen LogP contribution in [0.2, 0.25) is 0 Å². The Morgan fingerprint density at radius 1 is 1.15 bits per heavy atom. The van der Waals surface area contributed by atoms with E-state index in [2.05, 4.69) is 6.92 Å². The molecule has 4 nitrogen and oxygen atoms in total. The Morgan fingerprint density at radius 3 is 2.45 bits per heavy atom. The number of allylic oxidation sites excluding steroid dienone is 2. The van der Waals surface area contributed by atoms with Gasteiger partial charge in [0.15, 0.2) is 5.78 Å². The van der Waals surface area contributed by atoms with Crippen molar-refractivity contribution in [2.45, 2.75) is 57.4 Å². The fraction of sp³-hybridized carbons (Fsp3) is 0.625. The van der Waals surface area contributed by atoms with Gasteiger partial charge in [0, 0.05) is 6.42 Å². The molecule has 0 aromatic rings. The molecule has 2 unspecified atom stereocenters. The minimum absolute atomic E-state index is 0.180. The summed E-state index contributed by atoms with van der Waals surface area (Å²) in [5.41, 5.74) is 4.66. The Labute approximate surface area is 120 Å². The normalized spacial score (nSPS) is 24.8. The van der Waals surface area contributed by atoms with Gasteiger partial charge in [-0.15, -0.1) is 0 Å². The Bertz CT molecular complexity index is 401. The second kappa shape index (κ2) is 8.00. The first-order valence-electron chi connectivity index (χ1n) is 7.43. The number of hydrogen-bond donors (Lipinski definition) is 2. The van der Waals surface area contributed by atoms with Gasteiger partial charge in [-0.05, 0) is 6.42 Å². The topological polar surface area (TPSA) is 80.4 Å². The quantitative estimate of drug-likeness (QED) is 0.636.